The maximum absolute atomic E-state index is 11.5. The zero-order valence-corrected chi connectivity index (χ0v) is 12.5. The highest BCUT2D eigenvalue weighted by Crippen LogP contribution is 2.37. The van der Waals surface area contributed by atoms with Crippen LogP contribution in [0, 0.1) is 0 Å². The van der Waals surface area contributed by atoms with Crippen molar-refractivity contribution in [3.05, 3.63) is 35.9 Å². The maximum atomic E-state index is 11.5. The van der Waals surface area contributed by atoms with Gasteiger partial charge >= 0.3 is 12.1 Å². The van der Waals surface area contributed by atoms with E-state index in [0.29, 0.717) is 0 Å². The minimum atomic E-state index is -1.07. The summed E-state index contributed by atoms with van der Waals surface area (Å²) in [5.74, 6) is -0.484. The van der Waals surface area contributed by atoms with E-state index in [1.807, 2.05) is 30.3 Å². The molecule has 1 aliphatic heterocycles. The fourth-order valence-corrected chi connectivity index (χ4v) is 3.45. The molecule has 1 aromatic rings. The topological polar surface area (TPSA) is 66.6 Å². The third-order valence-corrected chi connectivity index (χ3v) is 4.34. The Balaban J connectivity index is 2.04. The summed E-state index contributed by atoms with van der Waals surface area (Å²) in [6.45, 7) is 0. The number of carbonyl (C=O) groups is 2. The van der Waals surface area contributed by atoms with E-state index in [4.69, 9.17) is 5.11 Å². The van der Waals surface area contributed by atoms with Gasteiger partial charge in [-0.1, -0.05) is 52.9 Å². The molecule has 1 heterocycles. The number of benzene rings is 1. The van der Waals surface area contributed by atoms with E-state index in [9.17, 15) is 9.59 Å². The molecule has 0 aromatic heterocycles. The van der Waals surface area contributed by atoms with E-state index in [-0.39, 0.29) is 9.97 Å². The SMILES string of the molecule is COC(=O)[C@H]1[C@@H](C(I)Cc2ccccc2)N1C(=O)O. The Hall–Kier alpha value is -1.31. The summed E-state index contributed by atoms with van der Waals surface area (Å²) in [5, 5.41) is 9.07. The van der Waals surface area contributed by atoms with Gasteiger partial charge in [0.05, 0.1) is 13.2 Å². The standard InChI is InChI=1S/C13H14INO4/c1-19-12(16)11-10(15(11)13(17)18)9(14)7-8-5-3-2-4-6-8/h2-6,9-11H,7H2,1H3,(H,17,18)/t9?,10-,11-,15?/m1/s1. The minimum absolute atomic E-state index is 0.0419. The molecule has 0 aliphatic carbocycles. The highest BCUT2D eigenvalue weighted by Gasteiger charge is 2.59. The van der Waals surface area contributed by atoms with E-state index in [2.05, 4.69) is 27.3 Å². The van der Waals surface area contributed by atoms with Crippen LogP contribution in [-0.4, -0.2) is 45.2 Å². The molecule has 19 heavy (non-hydrogen) atoms. The molecular formula is C13H14INO4. The zero-order valence-electron chi connectivity index (χ0n) is 10.3. The minimum Gasteiger partial charge on any atom is -0.467 e. The zero-order chi connectivity index (χ0) is 14.0. The Kier molecular flexibility index (Phi) is 4.28. The Labute approximate surface area is 124 Å². The first-order valence-corrected chi connectivity index (χ1v) is 7.08. The molecule has 5 nitrogen and oxygen atoms in total. The third kappa shape index (κ3) is 2.99. The fraction of sp³-hybridized carbons (Fsp3) is 0.385. The number of halogens is 1. The van der Waals surface area contributed by atoms with Gasteiger partial charge in [0.15, 0.2) is 6.04 Å². The predicted molar refractivity (Wildman–Crippen MR) is 77.4 cm³/mol. The van der Waals surface area contributed by atoms with Gasteiger partial charge in [0.1, 0.15) is 0 Å². The molecule has 102 valence electrons. The molecule has 2 rings (SSSR count). The van der Waals surface area contributed by atoms with Crippen LogP contribution < -0.4 is 0 Å². The lowest BCUT2D eigenvalue weighted by Gasteiger charge is -2.08. The monoisotopic (exact) mass is 375 g/mol. The molecule has 0 saturated carbocycles. The van der Waals surface area contributed by atoms with Crippen molar-refractivity contribution < 1.29 is 19.4 Å². The molecule has 1 saturated heterocycles. The quantitative estimate of drug-likeness (QED) is 0.378. The normalized spacial score (nSPS) is 22.7. The van der Waals surface area contributed by atoms with E-state index in [0.717, 1.165) is 16.9 Å². The lowest BCUT2D eigenvalue weighted by atomic mass is 10.1. The van der Waals surface area contributed by atoms with Crippen LogP contribution in [0.5, 0.6) is 0 Å². The predicted octanol–water partition coefficient (Wildman–Crippen LogP) is 1.94. The van der Waals surface area contributed by atoms with Crippen LogP contribution in [0.2, 0.25) is 0 Å². The smallest absolute Gasteiger partial charge is 0.408 e. The Morgan fingerprint density at radius 2 is 2.05 bits per heavy atom. The van der Waals surface area contributed by atoms with Crippen molar-refractivity contribution in [2.24, 2.45) is 0 Å². The van der Waals surface area contributed by atoms with Crippen molar-refractivity contribution >= 4 is 34.7 Å². The lowest BCUT2D eigenvalue weighted by molar-refractivity contribution is -0.140. The van der Waals surface area contributed by atoms with Crippen molar-refractivity contribution in [3.8, 4) is 0 Å². The number of hydrogen-bond acceptors (Lipinski definition) is 3. The van der Waals surface area contributed by atoms with Crippen molar-refractivity contribution in [1.82, 2.24) is 4.90 Å². The first kappa shape index (κ1) is 14.1. The molecule has 0 bridgehead atoms. The van der Waals surface area contributed by atoms with Gasteiger partial charge in [-0.2, -0.15) is 0 Å². The van der Waals surface area contributed by atoms with Crippen LogP contribution in [-0.2, 0) is 16.0 Å². The molecular weight excluding hydrogens is 361 g/mol. The number of ether oxygens (including phenoxy) is 1. The van der Waals surface area contributed by atoms with E-state index in [1.54, 1.807) is 0 Å². The summed E-state index contributed by atoms with van der Waals surface area (Å²) in [6, 6.07) is 8.85. The summed E-state index contributed by atoms with van der Waals surface area (Å²) in [5.41, 5.74) is 1.13. The number of hydrogen-bond donors (Lipinski definition) is 1. The van der Waals surface area contributed by atoms with Crippen LogP contribution in [0.15, 0.2) is 30.3 Å². The van der Waals surface area contributed by atoms with Gasteiger partial charge in [0, 0.05) is 3.92 Å². The van der Waals surface area contributed by atoms with E-state index >= 15 is 0 Å². The Bertz CT molecular complexity index is 479. The second-order valence-corrected chi connectivity index (χ2v) is 5.95. The molecule has 1 N–H and O–H groups in total. The number of amides is 1. The first-order chi connectivity index (χ1) is 9.06. The molecule has 1 aliphatic rings. The van der Waals surface area contributed by atoms with E-state index < -0.39 is 18.1 Å². The number of methoxy groups -OCH3 is 1. The van der Waals surface area contributed by atoms with Crippen molar-refractivity contribution in [3.63, 3.8) is 0 Å². The molecule has 3 atom stereocenters. The second kappa shape index (κ2) is 5.77. The average Bonchev–Trinajstić information content (AvgIpc) is 3.14. The van der Waals surface area contributed by atoms with Crippen molar-refractivity contribution in [1.29, 1.82) is 0 Å². The van der Waals surface area contributed by atoms with Crippen LogP contribution in [0.3, 0.4) is 0 Å². The largest absolute Gasteiger partial charge is 0.467 e. The average molecular weight is 375 g/mol. The second-order valence-electron chi connectivity index (χ2n) is 4.35. The molecule has 1 aromatic carbocycles. The lowest BCUT2D eigenvalue weighted by Crippen LogP contribution is -2.19. The fourth-order valence-electron chi connectivity index (χ4n) is 2.20. The summed E-state index contributed by atoms with van der Waals surface area (Å²) in [7, 11) is 1.27. The first-order valence-electron chi connectivity index (χ1n) is 5.83. The van der Waals surface area contributed by atoms with Crippen LogP contribution in [0.4, 0.5) is 4.79 Å². The number of esters is 1. The molecule has 6 heteroatoms. The molecule has 1 unspecified atom stereocenters. The van der Waals surface area contributed by atoms with Gasteiger partial charge in [-0.15, -0.1) is 0 Å². The molecule has 0 spiro atoms. The summed E-state index contributed by atoms with van der Waals surface area (Å²) >= 11 is 2.20. The van der Waals surface area contributed by atoms with Gasteiger partial charge in [-0.3, -0.25) is 4.90 Å². The summed E-state index contributed by atoms with van der Waals surface area (Å²) in [4.78, 5) is 23.8. The van der Waals surface area contributed by atoms with Gasteiger partial charge in [0.25, 0.3) is 0 Å². The van der Waals surface area contributed by atoms with Crippen LogP contribution in [0.1, 0.15) is 5.56 Å². The molecule has 1 fully saturated rings. The van der Waals surface area contributed by atoms with Gasteiger partial charge in [-0.05, 0) is 12.0 Å². The number of carbonyl (C=O) groups excluding carboxylic acids is 1. The summed E-state index contributed by atoms with van der Waals surface area (Å²) in [6.07, 6.45) is -0.348. The highest BCUT2D eigenvalue weighted by molar-refractivity contribution is 14.1. The Morgan fingerprint density at radius 1 is 1.42 bits per heavy atom. The van der Waals surface area contributed by atoms with E-state index in [1.165, 1.54) is 7.11 Å². The number of nitrogens with zero attached hydrogens (tertiary/aromatic N) is 1. The summed E-state index contributed by atoms with van der Waals surface area (Å²) < 4.78 is 4.68. The van der Waals surface area contributed by atoms with Crippen LogP contribution in [0.25, 0.3) is 0 Å². The van der Waals surface area contributed by atoms with Crippen molar-refractivity contribution in [2.45, 2.75) is 22.4 Å². The number of rotatable bonds is 4. The number of carboxylic acid groups (broad SMARTS) is 1. The van der Waals surface area contributed by atoms with Gasteiger partial charge in [0.2, 0.25) is 0 Å². The number of alkyl halides is 1. The van der Waals surface area contributed by atoms with Crippen molar-refractivity contribution in [2.75, 3.05) is 7.11 Å². The molecule has 1 amide bonds. The van der Waals surface area contributed by atoms with Crippen LogP contribution >= 0.6 is 22.6 Å². The van der Waals surface area contributed by atoms with Gasteiger partial charge < -0.3 is 9.84 Å². The highest BCUT2D eigenvalue weighted by atomic mass is 127. The molecule has 0 radical (unpaired) electrons. The Morgan fingerprint density at radius 3 is 2.58 bits per heavy atom. The van der Waals surface area contributed by atoms with Gasteiger partial charge in [-0.25, -0.2) is 9.59 Å². The maximum Gasteiger partial charge on any atom is 0.408 e. The third-order valence-electron chi connectivity index (χ3n) is 3.16.